The van der Waals surface area contributed by atoms with Crippen molar-refractivity contribution in [2.45, 2.75) is 11.6 Å². The summed E-state index contributed by atoms with van der Waals surface area (Å²) < 4.78 is 3.59. The van der Waals surface area contributed by atoms with Gasteiger partial charge in [-0.3, -0.25) is 0 Å². The van der Waals surface area contributed by atoms with Crippen molar-refractivity contribution >= 4 is 70.1 Å². The zero-order valence-corrected chi connectivity index (χ0v) is 12.3. The number of thiol groups is 2. The van der Waals surface area contributed by atoms with Gasteiger partial charge in [0, 0.05) is 0 Å². The number of hydrogen-bond acceptors (Lipinski definition) is 2. The Morgan fingerprint density at radius 3 is 2.00 bits per heavy atom. The molecule has 0 spiro atoms. The van der Waals surface area contributed by atoms with Gasteiger partial charge in [-0.15, -0.1) is 0 Å². The van der Waals surface area contributed by atoms with Crippen molar-refractivity contribution in [1.82, 2.24) is 0 Å². The average Bonchev–Trinajstić information content (AvgIpc) is 2.05. The fraction of sp³-hybridized carbons (Fsp3) is 1.00. The van der Waals surface area contributed by atoms with Crippen molar-refractivity contribution in [3.63, 3.8) is 0 Å². The van der Waals surface area contributed by atoms with E-state index in [0.717, 1.165) is 63.8 Å². The molecular formula is C5H10S2Se3. The molecule has 60 valence electrons. The molecular weight excluding hydrogens is 361 g/mol. The molecule has 1 fully saturated rings. The first-order chi connectivity index (χ1) is 4.86. The van der Waals surface area contributed by atoms with Crippen molar-refractivity contribution in [3.05, 3.63) is 0 Å². The number of rotatable bonds is 2. The monoisotopic (exact) mass is 374 g/mol. The first-order valence-electron chi connectivity index (χ1n) is 2.97. The van der Waals surface area contributed by atoms with Gasteiger partial charge in [0.1, 0.15) is 0 Å². The summed E-state index contributed by atoms with van der Waals surface area (Å²) in [5, 5.41) is 0. The van der Waals surface area contributed by atoms with Gasteiger partial charge in [0.25, 0.3) is 0 Å². The Bertz CT molecular complexity index is 90.9. The summed E-state index contributed by atoms with van der Waals surface area (Å²) in [4.78, 5) is 0. The van der Waals surface area contributed by atoms with Crippen LogP contribution in [0.25, 0.3) is 0 Å². The molecule has 0 radical (unpaired) electrons. The molecule has 0 saturated carbocycles. The van der Waals surface area contributed by atoms with Crippen LogP contribution in [0.1, 0.15) is 0 Å². The van der Waals surface area contributed by atoms with Crippen LogP contribution in [0.5, 0.6) is 0 Å². The minimum atomic E-state index is 0.891. The summed E-state index contributed by atoms with van der Waals surface area (Å²) in [5.41, 5.74) is 0. The van der Waals surface area contributed by atoms with Crippen molar-refractivity contribution in [1.29, 1.82) is 0 Å². The fourth-order valence-corrected chi connectivity index (χ4v) is 22.2. The van der Waals surface area contributed by atoms with Gasteiger partial charge in [-0.2, -0.15) is 0 Å². The third-order valence-corrected chi connectivity index (χ3v) is 17.2. The maximum absolute atomic E-state index is 4.36. The van der Waals surface area contributed by atoms with Crippen LogP contribution in [0.2, 0.25) is 11.6 Å². The Balaban J connectivity index is 2.25. The molecule has 2 unspecified atom stereocenters. The molecule has 5 heteroatoms. The summed E-state index contributed by atoms with van der Waals surface area (Å²) in [6.07, 6.45) is 0. The molecule has 10 heavy (non-hydrogen) atoms. The zero-order chi connectivity index (χ0) is 7.40. The summed E-state index contributed by atoms with van der Waals surface area (Å²) in [7, 11) is 0. The van der Waals surface area contributed by atoms with Gasteiger partial charge in [0.15, 0.2) is 0 Å². The van der Waals surface area contributed by atoms with E-state index < -0.39 is 0 Å². The van der Waals surface area contributed by atoms with Crippen LogP contribution in [0.3, 0.4) is 0 Å². The van der Waals surface area contributed by atoms with E-state index in [4.69, 9.17) is 0 Å². The van der Waals surface area contributed by atoms with Crippen LogP contribution in [-0.4, -0.2) is 56.4 Å². The third-order valence-electron chi connectivity index (χ3n) is 1.11. The molecule has 0 aliphatic carbocycles. The normalized spacial score (nSPS) is 34.2. The Morgan fingerprint density at radius 1 is 1.10 bits per heavy atom. The van der Waals surface area contributed by atoms with Gasteiger partial charge in [-0.1, -0.05) is 0 Å². The Labute approximate surface area is 92.3 Å². The van der Waals surface area contributed by atoms with E-state index in [1.54, 1.807) is 0 Å². The molecule has 0 N–H and O–H groups in total. The predicted octanol–water partition coefficient (Wildman–Crippen LogP) is 0.840. The first-order valence-corrected chi connectivity index (χ1v) is 10.6. The second-order valence-corrected chi connectivity index (χ2v) is 15.4. The molecule has 0 nitrogen and oxygen atoms in total. The summed E-state index contributed by atoms with van der Waals surface area (Å²) >= 11 is 11.5. The molecule has 0 bridgehead atoms. The molecule has 1 aliphatic rings. The molecule has 0 aromatic rings. The summed E-state index contributed by atoms with van der Waals surface area (Å²) in [6, 6.07) is 0. The molecule has 2 atom stereocenters. The molecule has 1 heterocycles. The van der Waals surface area contributed by atoms with Gasteiger partial charge in [0.05, 0.1) is 0 Å². The molecule has 0 amide bonds. The molecule has 1 rings (SSSR count). The van der Waals surface area contributed by atoms with E-state index in [-0.39, 0.29) is 0 Å². The Hall–Kier alpha value is 2.26. The van der Waals surface area contributed by atoms with Crippen molar-refractivity contribution in [2.24, 2.45) is 0 Å². The fourth-order valence-electron chi connectivity index (χ4n) is 0.630. The van der Waals surface area contributed by atoms with E-state index in [1.165, 1.54) is 4.22 Å². The van der Waals surface area contributed by atoms with Gasteiger partial charge in [-0.25, -0.2) is 0 Å². The van der Waals surface area contributed by atoms with Crippen molar-refractivity contribution in [2.75, 3.05) is 11.5 Å². The standard InChI is InChI=1S/C5H10S2Se3/c6-1-4-8-3-9-5(2-7)10-4/h4-7H,1-3H2. The van der Waals surface area contributed by atoms with Crippen LogP contribution in [0.15, 0.2) is 0 Å². The van der Waals surface area contributed by atoms with Crippen LogP contribution in [0, 0.1) is 0 Å². The zero-order valence-electron chi connectivity index (χ0n) is 5.40. The minimum absolute atomic E-state index is 0.891. The van der Waals surface area contributed by atoms with Crippen LogP contribution >= 0.6 is 25.3 Å². The van der Waals surface area contributed by atoms with E-state index in [0.29, 0.717) is 0 Å². The predicted molar refractivity (Wildman–Crippen MR) is 57.3 cm³/mol. The van der Waals surface area contributed by atoms with Crippen molar-refractivity contribution < 1.29 is 0 Å². The first kappa shape index (κ1) is 10.3. The van der Waals surface area contributed by atoms with E-state index in [9.17, 15) is 0 Å². The Morgan fingerprint density at radius 2 is 1.60 bits per heavy atom. The Kier molecular flexibility index (Phi) is 6.03. The SMILES string of the molecule is SCC1[Se]C[Se]C(CS)[Se]1. The average molecular weight is 371 g/mol. The summed E-state index contributed by atoms with van der Waals surface area (Å²) in [5.74, 6) is 2.28. The van der Waals surface area contributed by atoms with E-state index in [2.05, 4.69) is 25.3 Å². The number of hydrogen-bond donors (Lipinski definition) is 2. The van der Waals surface area contributed by atoms with Crippen LogP contribution < -0.4 is 0 Å². The van der Waals surface area contributed by atoms with Gasteiger partial charge in [-0.05, 0) is 0 Å². The second kappa shape index (κ2) is 5.83. The topological polar surface area (TPSA) is 0 Å². The molecule has 1 aliphatic heterocycles. The molecule has 0 aromatic heterocycles. The molecule has 0 aromatic carbocycles. The third kappa shape index (κ3) is 3.33. The van der Waals surface area contributed by atoms with Crippen LogP contribution in [-0.2, 0) is 0 Å². The van der Waals surface area contributed by atoms with Gasteiger partial charge < -0.3 is 0 Å². The van der Waals surface area contributed by atoms with Gasteiger partial charge in [0.2, 0.25) is 0 Å². The van der Waals surface area contributed by atoms with Gasteiger partial charge >= 0.3 is 93.3 Å². The maximum atomic E-state index is 4.36. The molecule has 1 saturated heterocycles. The van der Waals surface area contributed by atoms with E-state index >= 15 is 0 Å². The van der Waals surface area contributed by atoms with E-state index in [1.807, 2.05) is 0 Å². The second-order valence-electron chi connectivity index (χ2n) is 1.81. The van der Waals surface area contributed by atoms with Crippen molar-refractivity contribution in [3.8, 4) is 0 Å². The summed E-state index contributed by atoms with van der Waals surface area (Å²) in [6.45, 7) is 0. The van der Waals surface area contributed by atoms with Crippen LogP contribution in [0.4, 0.5) is 0 Å². The quantitative estimate of drug-likeness (QED) is 0.522.